The van der Waals surface area contributed by atoms with Crippen molar-refractivity contribution < 1.29 is 13.9 Å². The van der Waals surface area contributed by atoms with Crippen LogP contribution in [0.2, 0.25) is 0 Å². The van der Waals surface area contributed by atoms with Gasteiger partial charge in [0, 0.05) is 28.8 Å². The maximum Gasteiger partial charge on any atom is 0.338 e. The van der Waals surface area contributed by atoms with E-state index in [9.17, 15) is 9.18 Å². The van der Waals surface area contributed by atoms with E-state index in [4.69, 9.17) is 4.74 Å². The summed E-state index contributed by atoms with van der Waals surface area (Å²) >= 11 is 0. The number of benzene rings is 3. The lowest BCUT2D eigenvalue weighted by molar-refractivity contribution is -0.00314. The number of fused-ring (bicyclic) bond motifs is 1. The molecule has 0 aliphatic heterocycles. The lowest BCUT2D eigenvalue weighted by Gasteiger charge is -2.25. The van der Waals surface area contributed by atoms with Gasteiger partial charge in [0.25, 0.3) is 0 Å². The fourth-order valence-corrected chi connectivity index (χ4v) is 5.68. The first kappa shape index (κ1) is 19.3. The van der Waals surface area contributed by atoms with E-state index in [1.54, 1.807) is 26.0 Å². The molecule has 2 nitrogen and oxygen atoms in total. The zero-order chi connectivity index (χ0) is 20.6. The third-order valence-electron chi connectivity index (χ3n) is 5.03. The second-order valence-corrected chi connectivity index (χ2v) is 9.70. The Balaban J connectivity index is 1.58. The molecule has 1 heterocycles. The SMILES string of the molecule is Cc1cc2ccccc2[s+]1-c1ccc(C(=O)OC(C)(C)c2ccc(F)cc2)cc1. The van der Waals surface area contributed by atoms with Crippen molar-refractivity contribution in [3.05, 3.63) is 101 Å². The number of halogens is 1. The monoisotopic (exact) mass is 405 g/mol. The Morgan fingerprint density at radius 3 is 2.28 bits per heavy atom. The Bertz CT molecular complexity index is 1170. The lowest BCUT2D eigenvalue weighted by atomic mass is 9.98. The molecule has 0 aliphatic carbocycles. The lowest BCUT2D eigenvalue weighted by Crippen LogP contribution is -2.25. The third kappa shape index (κ3) is 3.81. The number of rotatable bonds is 4. The van der Waals surface area contributed by atoms with Crippen molar-refractivity contribution in [2.45, 2.75) is 26.4 Å². The third-order valence-corrected chi connectivity index (χ3v) is 7.35. The van der Waals surface area contributed by atoms with Gasteiger partial charge in [0.15, 0.2) is 14.5 Å². The molecule has 1 unspecified atom stereocenters. The van der Waals surface area contributed by atoms with E-state index in [1.165, 1.54) is 32.0 Å². The molecule has 1 atom stereocenters. The molecule has 3 aromatic carbocycles. The first-order chi connectivity index (χ1) is 13.8. The van der Waals surface area contributed by atoms with Crippen LogP contribution in [0.3, 0.4) is 0 Å². The highest BCUT2D eigenvalue weighted by Crippen LogP contribution is 2.43. The van der Waals surface area contributed by atoms with Gasteiger partial charge >= 0.3 is 5.97 Å². The van der Waals surface area contributed by atoms with Gasteiger partial charge in [-0.15, -0.1) is 0 Å². The van der Waals surface area contributed by atoms with Crippen molar-refractivity contribution in [1.82, 2.24) is 0 Å². The van der Waals surface area contributed by atoms with Crippen LogP contribution >= 0.6 is 10.5 Å². The number of aryl methyl sites for hydroxylation is 1. The minimum Gasteiger partial charge on any atom is -0.451 e. The highest BCUT2D eigenvalue weighted by molar-refractivity contribution is 7.45. The standard InChI is InChI=1S/C25H22FO2S/c1-17-16-19-6-4-5-7-23(19)29(17)22-14-8-18(9-15-22)24(27)28-25(2,3)20-10-12-21(26)13-11-20/h4-16H,1-3H3/q+1. The average Bonchev–Trinajstić information content (AvgIpc) is 3.04. The molecule has 0 saturated heterocycles. The summed E-state index contributed by atoms with van der Waals surface area (Å²) in [6.45, 7) is 5.76. The molecule has 4 aromatic rings. The summed E-state index contributed by atoms with van der Waals surface area (Å²) in [5.41, 5.74) is 0.393. The summed E-state index contributed by atoms with van der Waals surface area (Å²) in [4.78, 5) is 15.2. The first-order valence-corrected chi connectivity index (χ1v) is 10.7. The van der Waals surface area contributed by atoms with Gasteiger partial charge < -0.3 is 4.74 Å². The van der Waals surface area contributed by atoms with Crippen molar-refractivity contribution in [2.75, 3.05) is 0 Å². The van der Waals surface area contributed by atoms with E-state index < -0.39 is 11.6 Å². The number of thiophene rings is 1. The van der Waals surface area contributed by atoms with E-state index >= 15 is 0 Å². The Morgan fingerprint density at radius 1 is 0.931 bits per heavy atom. The van der Waals surface area contributed by atoms with Crippen molar-refractivity contribution in [1.29, 1.82) is 0 Å². The van der Waals surface area contributed by atoms with Gasteiger partial charge in [0.2, 0.25) is 0 Å². The molecular weight excluding hydrogens is 383 g/mol. The smallest absolute Gasteiger partial charge is 0.338 e. The highest BCUT2D eigenvalue weighted by Gasteiger charge is 2.27. The largest absolute Gasteiger partial charge is 0.451 e. The van der Waals surface area contributed by atoms with E-state index in [-0.39, 0.29) is 16.3 Å². The molecule has 4 heteroatoms. The fourth-order valence-electron chi connectivity index (χ4n) is 3.48. The summed E-state index contributed by atoms with van der Waals surface area (Å²) in [5, 5.41) is 1.26. The summed E-state index contributed by atoms with van der Waals surface area (Å²) in [5.74, 6) is -0.710. The molecule has 0 saturated carbocycles. The van der Waals surface area contributed by atoms with Gasteiger partial charge in [-0.1, -0.05) is 24.3 Å². The molecule has 0 amide bonds. The number of hydrogen-bond donors (Lipinski definition) is 0. The number of esters is 1. The number of hydrogen-bond acceptors (Lipinski definition) is 2. The number of ether oxygens (including phenoxy) is 1. The number of carbonyl (C=O) groups excluding carboxylic acids is 1. The Hall–Kier alpha value is -2.98. The topological polar surface area (TPSA) is 26.3 Å². The quantitative estimate of drug-likeness (QED) is 0.267. The molecule has 29 heavy (non-hydrogen) atoms. The van der Waals surface area contributed by atoms with E-state index in [1.807, 2.05) is 24.3 Å². The van der Waals surface area contributed by atoms with E-state index in [0.29, 0.717) is 5.56 Å². The van der Waals surface area contributed by atoms with Crippen LogP contribution < -0.4 is 0 Å². The fraction of sp³-hybridized carbons (Fsp3) is 0.160. The van der Waals surface area contributed by atoms with Gasteiger partial charge in [-0.25, -0.2) is 9.18 Å². The Labute approximate surface area is 172 Å². The summed E-state index contributed by atoms with van der Waals surface area (Å²) in [6, 6.07) is 24.3. The number of carbonyl (C=O) groups is 1. The van der Waals surface area contributed by atoms with Gasteiger partial charge in [-0.05, 0) is 67.9 Å². The maximum absolute atomic E-state index is 13.2. The van der Waals surface area contributed by atoms with Crippen LogP contribution in [0, 0.1) is 12.7 Å². The van der Waals surface area contributed by atoms with E-state index in [2.05, 4.69) is 37.3 Å². The molecule has 0 radical (unpaired) electrons. The molecule has 146 valence electrons. The van der Waals surface area contributed by atoms with Crippen molar-refractivity contribution in [3.63, 3.8) is 0 Å². The van der Waals surface area contributed by atoms with Crippen molar-refractivity contribution >= 4 is 26.5 Å². The Morgan fingerprint density at radius 2 is 1.59 bits per heavy atom. The van der Waals surface area contributed by atoms with Crippen LogP contribution in [-0.4, -0.2) is 5.97 Å². The maximum atomic E-state index is 13.2. The molecule has 0 spiro atoms. The molecule has 0 fully saturated rings. The van der Waals surface area contributed by atoms with Crippen molar-refractivity contribution in [3.8, 4) is 4.90 Å². The van der Waals surface area contributed by atoms with Gasteiger partial charge in [-0.2, -0.15) is 0 Å². The normalized spacial score (nSPS) is 12.2. The minimum absolute atomic E-state index is 0.109. The van der Waals surface area contributed by atoms with Gasteiger partial charge in [0.1, 0.15) is 11.4 Å². The molecule has 0 bridgehead atoms. The average molecular weight is 406 g/mol. The van der Waals surface area contributed by atoms with Gasteiger partial charge in [-0.3, -0.25) is 0 Å². The summed E-state index contributed by atoms with van der Waals surface area (Å²) in [6.07, 6.45) is 0. The van der Waals surface area contributed by atoms with E-state index in [0.717, 1.165) is 5.56 Å². The molecule has 4 rings (SSSR count). The molecule has 0 aliphatic rings. The molecule has 0 N–H and O–H groups in total. The molecule has 1 aromatic heterocycles. The zero-order valence-electron chi connectivity index (χ0n) is 16.6. The predicted molar refractivity (Wildman–Crippen MR) is 117 cm³/mol. The summed E-state index contributed by atoms with van der Waals surface area (Å²) < 4.78 is 20.2. The van der Waals surface area contributed by atoms with Crippen LogP contribution in [0.5, 0.6) is 0 Å². The van der Waals surface area contributed by atoms with Crippen LogP contribution in [-0.2, 0) is 10.3 Å². The summed E-state index contributed by atoms with van der Waals surface area (Å²) in [7, 11) is -0.109. The van der Waals surface area contributed by atoms with Crippen LogP contribution in [0.1, 0.15) is 34.6 Å². The zero-order valence-corrected chi connectivity index (χ0v) is 17.4. The van der Waals surface area contributed by atoms with Crippen LogP contribution in [0.15, 0.2) is 78.9 Å². The highest BCUT2D eigenvalue weighted by atomic mass is 32.2. The van der Waals surface area contributed by atoms with Gasteiger partial charge in [0.05, 0.1) is 5.56 Å². The second-order valence-electron chi connectivity index (χ2n) is 7.53. The predicted octanol–water partition coefficient (Wildman–Crippen LogP) is 7.12. The Kier molecular flexibility index (Phi) is 4.97. The van der Waals surface area contributed by atoms with Crippen molar-refractivity contribution in [2.24, 2.45) is 0 Å². The van der Waals surface area contributed by atoms with Crippen LogP contribution in [0.25, 0.3) is 15.0 Å². The first-order valence-electron chi connectivity index (χ1n) is 9.46. The molecular formula is C25H22FO2S+. The minimum atomic E-state index is -0.852. The second kappa shape index (κ2) is 7.45. The van der Waals surface area contributed by atoms with Crippen LogP contribution in [0.4, 0.5) is 4.39 Å².